The van der Waals surface area contributed by atoms with Crippen molar-refractivity contribution in [3.8, 4) is 0 Å². The zero-order chi connectivity index (χ0) is 11.0. The van der Waals surface area contributed by atoms with Gasteiger partial charge in [0.2, 0.25) is 0 Å². The maximum atomic E-state index is 10.6. The maximum absolute atomic E-state index is 10.6. The van der Waals surface area contributed by atoms with Crippen LogP contribution in [0.2, 0.25) is 0 Å². The lowest BCUT2D eigenvalue weighted by Crippen LogP contribution is -2.12. The second-order valence-electron chi connectivity index (χ2n) is 2.36. The molecule has 0 bridgehead atoms. The quantitative estimate of drug-likeness (QED) is 0.807. The highest BCUT2D eigenvalue weighted by molar-refractivity contribution is 5.74. The average molecular weight is 196 g/mol. The van der Waals surface area contributed by atoms with E-state index in [2.05, 4.69) is 0 Å². The molecule has 0 heterocycles. The molecule has 78 valence electrons. The third-order valence-electron chi connectivity index (χ3n) is 1.56. The van der Waals surface area contributed by atoms with E-state index in [4.69, 9.17) is 9.84 Å². The van der Waals surface area contributed by atoms with Crippen molar-refractivity contribution in [2.24, 2.45) is 0 Å². The second-order valence-corrected chi connectivity index (χ2v) is 2.36. The van der Waals surface area contributed by atoms with Crippen LogP contribution in [0.15, 0.2) is 30.3 Å². The van der Waals surface area contributed by atoms with E-state index in [1.807, 2.05) is 19.9 Å². The average Bonchev–Trinajstić information content (AvgIpc) is 2.23. The van der Waals surface area contributed by atoms with Gasteiger partial charge in [-0.05, 0) is 5.56 Å². The Balaban J connectivity index is 0.000000791. The van der Waals surface area contributed by atoms with E-state index in [0.29, 0.717) is 5.56 Å². The highest BCUT2D eigenvalue weighted by atomic mass is 16.5. The topological polar surface area (TPSA) is 46.5 Å². The molecular weight excluding hydrogens is 180 g/mol. The van der Waals surface area contributed by atoms with Crippen LogP contribution >= 0.6 is 0 Å². The molecule has 1 aromatic rings. The molecule has 3 nitrogen and oxygen atoms in total. The Hall–Kier alpha value is -1.35. The number of ether oxygens (including phenoxy) is 1. The van der Waals surface area contributed by atoms with Crippen LogP contribution in [-0.2, 0) is 9.53 Å². The lowest BCUT2D eigenvalue weighted by Gasteiger charge is -2.09. The first-order valence-electron chi connectivity index (χ1n) is 4.56. The molecule has 0 saturated carbocycles. The van der Waals surface area contributed by atoms with Crippen molar-refractivity contribution >= 4 is 5.97 Å². The molecule has 1 atom stereocenters. The zero-order valence-corrected chi connectivity index (χ0v) is 8.73. The van der Waals surface area contributed by atoms with Crippen LogP contribution in [0.1, 0.15) is 25.5 Å². The fourth-order valence-electron chi connectivity index (χ4n) is 1.01. The monoisotopic (exact) mass is 196 g/mol. The van der Waals surface area contributed by atoms with Crippen LogP contribution in [0, 0.1) is 0 Å². The normalized spacial score (nSPS) is 11.1. The molecule has 0 aromatic heterocycles. The number of methoxy groups -OCH3 is 1. The number of hydrogen-bond acceptors (Lipinski definition) is 2. The number of carbonyl (C=O) groups is 1. The second kappa shape index (κ2) is 7.09. The standard InChI is InChI=1S/C9H10O3.C2H6/c1-12-8(9(10)11)7-5-3-2-4-6-7;1-2/h2-6,8H,1H3,(H,10,11);1-2H3. The Morgan fingerprint density at radius 3 is 2.14 bits per heavy atom. The summed E-state index contributed by atoms with van der Waals surface area (Å²) < 4.78 is 4.80. The van der Waals surface area contributed by atoms with Gasteiger partial charge in [-0.1, -0.05) is 44.2 Å². The predicted octanol–water partition coefficient (Wildman–Crippen LogP) is 2.48. The number of hydrogen-bond donors (Lipinski definition) is 1. The summed E-state index contributed by atoms with van der Waals surface area (Å²) in [5.74, 6) is -0.969. The largest absolute Gasteiger partial charge is 0.479 e. The minimum atomic E-state index is -0.969. The number of benzene rings is 1. The van der Waals surface area contributed by atoms with Gasteiger partial charge in [-0.25, -0.2) is 4.79 Å². The van der Waals surface area contributed by atoms with Crippen molar-refractivity contribution < 1.29 is 14.6 Å². The molecule has 0 fully saturated rings. The summed E-state index contributed by atoms with van der Waals surface area (Å²) in [5, 5.41) is 8.70. The summed E-state index contributed by atoms with van der Waals surface area (Å²) in [4.78, 5) is 10.6. The highest BCUT2D eigenvalue weighted by Crippen LogP contribution is 2.15. The molecule has 1 N–H and O–H groups in total. The minimum absolute atomic E-state index is 0.660. The molecule has 0 aliphatic rings. The molecular formula is C11H16O3. The fourth-order valence-corrected chi connectivity index (χ4v) is 1.01. The van der Waals surface area contributed by atoms with Gasteiger partial charge in [0.25, 0.3) is 0 Å². The van der Waals surface area contributed by atoms with E-state index in [0.717, 1.165) is 0 Å². The van der Waals surface area contributed by atoms with E-state index < -0.39 is 12.1 Å². The Morgan fingerprint density at radius 1 is 1.29 bits per heavy atom. The van der Waals surface area contributed by atoms with Gasteiger partial charge in [-0.3, -0.25) is 0 Å². The van der Waals surface area contributed by atoms with Crippen molar-refractivity contribution in [1.82, 2.24) is 0 Å². The van der Waals surface area contributed by atoms with Crippen molar-refractivity contribution in [3.05, 3.63) is 35.9 Å². The molecule has 0 aliphatic carbocycles. The van der Waals surface area contributed by atoms with Crippen molar-refractivity contribution in [2.45, 2.75) is 20.0 Å². The summed E-state index contributed by atoms with van der Waals surface area (Å²) in [7, 11) is 1.38. The summed E-state index contributed by atoms with van der Waals surface area (Å²) in [6, 6.07) is 8.84. The van der Waals surface area contributed by atoms with Crippen LogP contribution in [0.5, 0.6) is 0 Å². The van der Waals surface area contributed by atoms with E-state index in [1.54, 1.807) is 24.3 Å². The Bertz CT molecular complexity index is 256. The molecule has 3 heteroatoms. The van der Waals surface area contributed by atoms with Gasteiger partial charge in [0, 0.05) is 7.11 Å². The van der Waals surface area contributed by atoms with Gasteiger partial charge in [-0.15, -0.1) is 0 Å². The molecule has 0 aliphatic heterocycles. The number of carboxylic acid groups (broad SMARTS) is 1. The van der Waals surface area contributed by atoms with Gasteiger partial charge < -0.3 is 9.84 Å². The smallest absolute Gasteiger partial charge is 0.337 e. The molecule has 0 amide bonds. The first kappa shape index (κ1) is 12.7. The van der Waals surface area contributed by atoms with E-state index in [-0.39, 0.29) is 0 Å². The summed E-state index contributed by atoms with van der Waals surface area (Å²) in [6.45, 7) is 4.00. The lowest BCUT2D eigenvalue weighted by atomic mass is 10.1. The summed E-state index contributed by atoms with van der Waals surface area (Å²) in [6.07, 6.45) is -0.855. The third-order valence-corrected chi connectivity index (χ3v) is 1.56. The van der Waals surface area contributed by atoms with Crippen molar-refractivity contribution in [1.29, 1.82) is 0 Å². The lowest BCUT2D eigenvalue weighted by molar-refractivity contribution is -0.148. The first-order valence-corrected chi connectivity index (χ1v) is 4.56. The molecule has 1 aromatic carbocycles. The van der Waals surface area contributed by atoms with E-state index >= 15 is 0 Å². The third kappa shape index (κ3) is 3.58. The van der Waals surface area contributed by atoms with Gasteiger partial charge in [0.05, 0.1) is 0 Å². The van der Waals surface area contributed by atoms with Crippen LogP contribution in [-0.4, -0.2) is 18.2 Å². The Kier molecular flexibility index (Phi) is 6.41. The molecule has 0 spiro atoms. The van der Waals surface area contributed by atoms with Crippen molar-refractivity contribution in [2.75, 3.05) is 7.11 Å². The van der Waals surface area contributed by atoms with E-state index in [9.17, 15) is 4.79 Å². The summed E-state index contributed by atoms with van der Waals surface area (Å²) >= 11 is 0. The summed E-state index contributed by atoms with van der Waals surface area (Å²) in [5.41, 5.74) is 0.660. The first-order chi connectivity index (χ1) is 6.75. The maximum Gasteiger partial charge on any atom is 0.337 e. The Labute approximate surface area is 84.3 Å². The van der Waals surface area contributed by atoms with Crippen molar-refractivity contribution in [3.63, 3.8) is 0 Å². The van der Waals surface area contributed by atoms with Crippen LogP contribution in [0.25, 0.3) is 0 Å². The van der Waals surface area contributed by atoms with Crippen LogP contribution < -0.4 is 0 Å². The molecule has 1 unspecified atom stereocenters. The molecule has 1 rings (SSSR count). The number of aliphatic carboxylic acids is 1. The number of rotatable bonds is 3. The Morgan fingerprint density at radius 2 is 1.79 bits per heavy atom. The van der Waals surface area contributed by atoms with Crippen LogP contribution in [0.3, 0.4) is 0 Å². The highest BCUT2D eigenvalue weighted by Gasteiger charge is 2.17. The molecule has 14 heavy (non-hydrogen) atoms. The SMILES string of the molecule is CC.COC(C(=O)O)c1ccccc1. The predicted molar refractivity (Wildman–Crippen MR) is 55.2 cm³/mol. The van der Waals surface area contributed by atoms with Gasteiger partial charge >= 0.3 is 5.97 Å². The van der Waals surface area contributed by atoms with E-state index in [1.165, 1.54) is 7.11 Å². The van der Waals surface area contributed by atoms with Gasteiger partial charge in [-0.2, -0.15) is 0 Å². The van der Waals surface area contributed by atoms with Gasteiger partial charge in [0.1, 0.15) is 0 Å². The molecule has 0 saturated heterocycles. The number of carboxylic acids is 1. The fraction of sp³-hybridized carbons (Fsp3) is 0.364. The van der Waals surface area contributed by atoms with Gasteiger partial charge in [0.15, 0.2) is 6.10 Å². The zero-order valence-electron chi connectivity index (χ0n) is 8.73. The van der Waals surface area contributed by atoms with Crippen LogP contribution in [0.4, 0.5) is 0 Å². The molecule has 0 radical (unpaired) electrons. The minimum Gasteiger partial charge on any atom is -0.479 e.